The van der Waals surface area contributed by atoms with E-state index in [-0.39, 0.29) is 17.5 Å². The summed E-state index contributed by atoms with van der Waals surface area (Å²) in [5.41, 5.74) is 3.12. The van der Waals surface area contributed by atoms with Crippen LogP contribution in [0, 0.1) is 0 Å². The third-order valence-corrected chi connectivity index (χ3v) is 5.00. The average Bonchev–Trinajstić information content (AvgIpc) is 3.09. The lowest BCUT2D eigenvalue weighted by Gasteiger charge is -2.34. The molecule has 6 nitrogen and oxygen atoms in total. The van der Waals surface area contributed by atoms with E-state index in [1.807, 2.05) is 39.1 Å². The minimum Gasteiger partial charge on any atom is -0.457 e. The third-order valence-electron chi connectivity index (χ3n) is 5.00. The van der Waals surface area contributed by atoms with Crippen molar-refractivity contribution >= 4 is 17.7 Å². The van der Waals surface area contributed by atoms with Crippen LogP contribution >= 0.6 is 0 Å². The van der Waals surface area contributed by atoms with Gasteiger partial charge in [-0.15, -0.1) is 0 Å². The van der Waals surface area contributed by atoms with Crippen molar-refractivity contribution < 1.29 is 19.1 Å². The molecule has 25 heavy (non-hydrogen) atoms. The van der Waals surface area contributed by atoms with E-state index in [1.54, 1.807) is 4.90 Å². The minimum absolute atomic E-state index is 0.158. The number of cyclic esters (lactones) is 1. The summed E-state index contributed by atoms with van der Waals surface area (Å²) in [7, 11) is 0. The molecule has 0 radical (unpaired) electrons. The first-order valence-electron chi connectivity index (χ1n) is 8.55. The molecule has 1 spiro atoms. The van der Waals surface area contributed by atoms with Crippen molar-refractivity contribution in [1.29, 1.82) is 0 Å². The van der Waals surface area contributed by atoms with Crippen LogP contribution in [-0.4, -0.2) is 35.7 Å². The summed E-state index contributed by atoms with van der Waals surface area (Å²) in [4.78, 5) is 25.6. The molecule has 1 aromatic rings. The van der Waals surface area contributed by atoms with Crippen molar-refractivity contribution in [2.24, 2.45) is 0 Å². The zero-order chi connectivity index (χ0) is 17.8. The number of nitrogens with one attached hydrogen (secondary N) is 1. The second-order valence-electron chi connectivity index (χ2n) is 7.84. The quantitative estimate of drug-likeness (QED) is 0.734. The Balaban J connectivity index is 1.60. The molecule has 0 aromatic heterocycles. The lowest BCUT2D eigenvalue weighted by atomic mass is 9.77. The summed E-state index contributed by atoms with van der Waals surface area (Å²) >= 11 is 0. The maximum absolute atomic E-state index is 12.2. The predicted molar refractivity (Wildman–Crippen MR) is 92.4 cm³/mol. The van der Waals surface area contributed by atoms with Crippen LogP contribution in [0.4, 0.5) is 10.5 Å². The maximum Gasteiger partial charge on any atom is 0.414 e. The first kappa shape index (κ1) is 16.0. The van der Waals surface area contributed by atoms with Gasteiger partial charge in [-0.05, 0) is 38.8 Å². The number of esters is 1. The van der Waals surface area contributed by atoms with Crippen molar-refractivity contribution in [3.63, 3.8) is 0 Å². The fourth-order valence-corrected chi connectivity index (χ4v) is 3.72. The van der Waals surface area contributed by atoms with Crippen LogP contribution in [0.5, 0.6) is 0 Å². The highest BCUT2D eigenvalue weighted by Gasteiger charge is 2.42. The molecule has 3 heterocycles. The van der Waals surface area contributed by atoms with Crippen LogP contribution in [0.25, 0.3) is 0 Å². The standard InChI is InChI=1S/C19H22N2O4/c1-18(2,3)25-17(23)21-8-6-19(7-9-21)11-20-15-13-10-24-16(22)12(13)4-5-14(15)19/h4-6,8,20H,7,9-11H2,1-3H3. The largest absolute Gasteiger partial charge is 0.457 e. The molecule has 1 aromatic carbocycles. The molecule has 3 aliphatic heterocycles. The van der Waals surface area contributed by atoms with Crippen LogP contribution < -0.4 is 5.32 Å². The molecule has 1 N–H and O–H groups in total. The zero-order valence-electron chi connectivity index (χ0n) is 14.7. The Morgan fingerprint density at radius 2 is 2.16 bits per heavy atom. The number of hydrogen-bond donors (Lipinski definition) is 1. The monoisotopic (exact) mass is 342 g/mol. The van der Waals surface area contributed by atoms with E-state index in [1.165, 1.54) is 5.56 Å². The topological polar surface area (TPSA) is 67.9 Å². The second kappa shape index (κ2) is 5.25. The lowest BCUT2D eigenvalue weighted by Crippen LogP contribution is -2.41. The zero-order valence-corrected chi connectivity index (χ0v) is 14.7. The summed E-state index contributed by atoms with van der Waals surface area (Å²) in [5.74, 6) is -0.254. The number of hydrogen-bond acceptors (Lipinski definition) is 5. The Bertz CT molecular complexity index is 793. The Hall–Kier alpha value is -2.50. The summed E-state index contributed by atoms with van der Waals surface area (Å²) in [6, 6.07) is 3.86. The normalized spacial score (nSPS) is 24.0. The maximum atomic E-state index is 12.2. The molecule has 3 aliphatic rings. The molecule has 0 saturated carbocycles. The molecule has 0 saturated heterocycles. The molecule has 1 atom stereocenters. The Labute approximate surface area is 146 Å². The van der Waals surface area contributed by atoms with Crippen molar-refractivity contribution in [1.82, 2.24) is 4.90 Å². The first-order valence-corrected chi connectivity index (χ1v) is 8.55. The van der Waals surface area contributed by atoms with E-state index in [9.17, 15) is 9.59 Å². The molecule has 1 amide bonds. The van der Waals surface area contributed by atoms with Gasteiger partial charge in [-0.25, -0.2) is 9.59 Å². The molecule has 1 unspecified atom stereocenters. The molecule has 132 valence electrons. The highest BCUT2D eigenvalue weighted by atomic mass is 16.6. The van der Waals surface area contributed by atoms with Gasteiger partial charge in [0.05, 0.1) is 5.56 Å². The number of rotatable bonds is 0. The van der Waals surface area contributed by atoms with Gasteiger partial charge in [0.15, 0.2) is 0 Å². The first-order chi connectivity index (χ1) is 11.8. The molecular weight excluding hydrogens is 320 g/mol. The van der Waals surface area contributed by atoms with Crippen molar-refractivity contribution in [2.75, 3.05) is 18.4 Å². The number of benzene rings is 1. The third kappa shape index (κ3) is 2.56. The van der Waals surface area contributed by atoms with E-state index in [4.69, 9.17) is 9.47 Å². The number of anilines is 1. The Morgan fingerprint density at radius 3 is 2.84 bits per heavy atom. The molecule has 0 bridgehead atoms. The fourth-order valence-electron chi connectivity index (χ4n) is 3.72. The molecule has 6 heteroatoms. The fraction of sp³-hybridized carbons (Fsp3) is 0.474. The van der Waals surface area contributed by atoms with Crippen molar-refractivity contribution in [2.45, 2.75) is 44.8 Å². The van der Waals surface area contributed by atoms with Crippen LogP contribution in [0.1, 0.15) is 48.7 Å². The van der Waals surface area contributed by atoms with E-state index >= 15 is 0 Å². The lowest BCUT2D eigenvalue weighted by molar-refractivity contribution is 0.0316. The van der Waals surface area contributed by atoms with E-state index in [0.29, 0.717) is 18.7 Å². The van der Waals surface area contributed by atoms with Gasteiger partial charge < -0.3 is 14.8 Å². The van der Waals surface area contributed by atoms with Crippen molar-refractivity contribution in [3.05, 3.63) is 41.1 Å². The Morgan fingerprint density at radius 1 is 1.36 bits per heavy atom. The molecular formula is C19H22N2O4. The smallest absolute Gasteiger partial charge is 0.414 e. The summed E-state index contributed by atoms with van der Waals surface area (Å²) in [6.45, 7) is 7.27. The average molecular weight is 342 g/mol. The van der Waals surface area contributed by atoms with Crippen molar-refractivity contribution in [3.8, 4) is 0 Å². The van der Waals surface area contributed by atoms with Gasteiger partial charge in [0, 0.05) is 36.0 Å². The Kier molecular flexibility index (Phi) is 3.36. The van der Waals surface area contributed by atoms with E-state index in [0.717, 1.165) is 24.2 Å². The highest BCUT2D eigenvalue weighted by molar-refractivity contribution is 5.96. The molecule has 0 aliphatic carbocycles. The van der Waals surface area contributed by atoms with E-state index in [2.05, 4.69) is 11.4 Å². The van der Waals surface area contributed by atoms with E-state index < -0.39 is 5.60 Å². The van der Waals surface area contributed by atoms with Gasteiger partial charge in [0.2, 0.25) is 0 Å². The van der Waals surface area contributed by atoms with Crippen LogP contribution in [0.3, 0.4) is 0 Å². The van der Waals surface area contributed by atoms with Gasteiger partial charge in [-0.3, -0.25) is 4.90 Å². The number of ether oxygens (including phenoxy) is 2. The SMILES string of the molecule is CC(C)(C)OC(=O)N1C=CC2(CC1)CNc1c2ccc2c1COC2=O. The molecule has 4 rings (SSSR count). The number of amides is 1. The number of fused-ring (bicyclic) bond motifs is 4. The van der Waals surface area contributed by atoms with Gasteiger partial charge in [0.1, 0.15) is 12.2 Å². The van der Waals surface area contributed by atoms with Crippen LogP contribution in [-0.2, 0) is 21.5 Å². The highest BCUT2D eigenvalue weighted by Crippen LogP contribution is 2.46. The molecule has 0 fully saturated rings. The predicted octanol–water partition coefficient (Wildman–Crippen LogP) is 3.17. The summed E-state index contributed by atoms with van der Waals surface area (Å²) in [5, 5.41) is 3.45. The minimum atomic E-state index is -0.505. The summed E-state index contributed by atoms with van der Waals surface area (Å²) in [6.07, 6.45) is 4.38. The van der Waals surface area contributed by atoms with Crippen LogP contribution in [0.2, 0.25) is 0 Å². The van der Waals surface area contributed by atoms with Gasteiger partial charge in [-0.1, -0.05) is 12.1 Å². The summed E-state index contributed by atoms with van der Waals surface area (Å²) < 4.78 is 10.6. The number of carbonyl (C=O) groups is 2. The van der Waals surface area contributed by atoms with Gasteiger partial charge >= 0.3 is 12.1 Å². The van der Waals surface area contributed by atoms with Gasteiger partial charge in [0.25, 0.3) is 0 Å². The van der Waals surface area contributed by atoms with Crippen LogP contribution in [0.15, 0.2) is 24.4 Å². The number of nitrogens with zero attached hydrogens (tertiary/aromatic N) is 1. The second-order valence-corrected chi connectivity index (χ2v) is 7.84. The number of carbonyl (C=O) groups excluding carboxylic acids is 2. The van der Waals surface area contributed by atoms with Gasteiger partial charge in [-0.2, -0.15) is 0 Å².